The van der Waals surface area contributed by atoms with Crippen LogP contribution in [0.1, 0.15) is 29.0 Å². The third-order valence-corrected chi connectivity index (χ3v) is 5.30. The number of amides is 1. The molecule has 1 saturated heterocycles. The summed E-state index contributed by atoms with van der Waals surface area (Å²) in [6, 6.07) is 11.2. The molecule has 2 aromatic rings. The van der Waals surface area contributed by atoms with Crippen LogP contribution in [-0.2, 0) is 14.3 Å². The van der Waals surface area contributed by atoms with Gasteiger partial charge in [-0.1, -0.05) is 12.1 Å². The fourth-order valence-electron chi connectivity index (χ4n) is 3.68. The highest BCUT2D eigenvalue weighted by Gasteiger charge is 2.46. The Labute approximate surface area is 217 Å². The first-order valence-corrected chi connectivity index (χ1v) is 11.2. The van der Waals surface area contributed by atoms with Gasteiger partial charge < -0.3 is 24.6 Å². The van der Waals surface area contributed by atoms with Crippen molar-refractivity contribution in [2.24, 2.45) is 0 Å². The standard InChI is InChI=1S/C19H21N3O3.2C2HF3O2/c1-13-5-4-6-14(21-13)19(23)22-11-12-24-18-15(22)8-9-16(18)25-17-7-2-3-10-20-17;2*3-2(4,5)1(6)7/h2-7,10,15-16,18H,8-9,11-12H2,1H3;2*(H,6,7)/t15-,16-,18+;;/m0../s1. The molecule has 10 nitrogen and oxygen atoms in total. The van der Waals surface area contributed by atoms with Gasteiger partial charge in [-0.25, -0.2) is 19.6 Å². The molecule has 16 heteroatoms. The number of ether oxygens (including phenoxy) is 2. The Kier molecular flexibility index (Phi) is 10.6. The van der Waals surface area contributed by atoms with Gasteiger partial charge in [-0.05, 0) is 38.0 Å². The Bertz CT molecular complexity index is 1110. The number of carboxylic acids is 2. The van der Waals surface area contributed by atoms with Crippen LogP contribution in [-0.4, -0.2) is 86.7 Å². The molecule has 1 saturated carbocycles. The number of hydrogen-bond donors (Lipinski definition) is 2. The lowest BCUT2D eigenvalue weighted by molar-refractivity contribution is -0.193. The van der Waals surface area contributed by atoms with Crippen LogP contribution in [0.3, 0.4) is 0 Å². The number of carbonyl (C=O) groups excluding carboxylic acids is 1. The van der Waals surface area contributed by atoms with Crippen LogP contribution in [0.15, 0.2) is 42.6 Å². The average Bonchev–Trinajstić information content (AvgIpc) is 3.26. The molecule has 1 aliphatic carbocycles. The number of hydrogen-bond acceptors (Lipinski definition) is 7. The van der Waals surface area contributed by atoms with E-state index in [9.17, 15) is 31.1 Å². The normalized spacial score (nSPS) is 20.4. The molecule has 39 heavy (non-hydrogen) atoms. The number of fused-ring (bicyclic) bond motifs is 1. The molecule has 3 heterocycles. The minimum atomic E-state index is -5.08. The molecule has 2 fully saturated rings. The number of nitrogens with zero attached hydrogens (tertiary/aromatic N) is 3. The number of aliphatic carboxylic acids is 2. The Hall–Kier alpha value is -3.95. The number of aryl methyl sites for hydroxylation is 1. The molecule has 2 aromatic heterocycles. The maximum atomic E-state index is 12.9. The summed E-state index contributed by atoms with van der Waals surface area (Å²) in [5.74, 6) is -4.94. The zero-order valence-corrected chi connectivity index (χ0v) is 20.1. The second-order valence-electron chi connectivity index (χ2n) is 8.07. The summed E-state index contributed by atoms with van der Waals surface area (Å²) in [5.41, 5.74) is 1.34. The molecule has 3 atom stereocenters. The molecule has 2 aliphatic rings. The first kappa shape index (κ1) is 31.3. The van der Waals surface area contributed by atoms with Crippen molar-refractivity contribution in [2.45, 2.75) is 50.4 Å². The summed E-state index contributed by atoms with van der Waals surface area (Å²) < 4.78 is 75.4. The number of halogens is 6. The molecule has 1 aliphatic heterocycles. The van der Waals surface area contributed by atoms with Gasteiger partial charge in [0, 0.05) is 24.5 Å². The highest BCUT2D eigenvalue weighted by atomic mass is 19.4. The number of morpholine rings is 1. The predicted octanol–water partition coefficient (Wildman–Crippen LogP) is 3.50. The molecule has 0 bridgehead atoms. The topological polar surface area (TPSA) is 139 Å². The largest absolute Gasteiger partial charge is 0.490 e. The van der Waals surface area contributed by atoms with Crippen LogP contribution in [0.25, 0.3) is 0 Å². The highest BCUT2D eigenvalue weighted by molar-refractivity contribution is 5.92. The molecule has 0 unspecified atom stereocenters. The molecule has 1 amide bonds. The van der Waals surface area contributed by atoms with Crippen molar-refractivity contribution in [1.29, 1.82) is 0 Å². The van der Waals surface area contributed by atoms with Crippen LogP contribution in [0.2, 0.25) is 0 Å². The van der Waals surface area contributed by atoms with E-state index in [1.165, 1.54) is 0 Å². The minimum absolute atomic E-state index is 0.0253. The first-order valence-electron chi connectivity index (χ1n) is 11.2. The van der Waals surface area contributed by atoms with Gasteiger partial charge in [0.15, 0.2) is 0 Å². The van der Waals surface area contributed by atoms with Crippen molar-refractivity contribution in [2.75, 3.05) is 13.2 Å². The SMILES string of the molecule is Cc1cccc(C(=O)N2CCO[C@H]3[C@@H](Oc4ccccn4)CC[C@@H]32)n1.O=C(O)C(F)(F)F.O=C(O)C(F)(F)F. The molecule has 2 N–H and O–H groups in total. The predicted molar refractivity (Wildman–Crippen MR) is 119 cm³/mol. The van der Waals surface area contributed by atoms with Crippen molar-refractivity contribution < 1.29 is 60.4 Å². The number of aromatic nitrogens is 2. The average molecular weight is 567 g/mol. The molecular formula is C23H23F6N3O7. The van der Waals surface area contributed by atoms with Gasteiger partial charge in [-0.15, -0.1) is 0 Å². The van der Waals surface area contributed by atoms with Crippen molar-refractivity contribution in [3.63, 3.8) is 0 Å². The lowest BCUT2D eigenvalue weighted by Gasteiger charge is -2.38. The highest BCUT2D eigenvalue weighted by Crippen LogP contribution is 2.33. The quantitative estimate of drug-likeness (QED) is 0.534. The molecule has 214 valence electrons. The molecule has 4 rings (SSSR count). The van der Waals surface area contributed by atoms with E-state index in [0.717, 1.165) is 18.5 Å². The van der Waals surface area contributed by atoms with Crippen LogP contribution in [0, 0.1) is 6.92 Å². The van der Waals surface area contributed by atoms with Gasteiger partial charge in [-0.2, -0.15) is 26.3 Å². The van der Waals surface area contributed by atoms with E-state index in [1.807, 2.05) is 42.2 Å². The van der Waals surface area contributed by atoms with E-state index in [1.54, 1.807) is 12.3 Å². The second kappa shape index (κ2) is 13.2. The van der Waals surface area contributed by atoms with Gasteiger partial charge in [0.05, 0.1) is 12.6 Å². The number of rotatable bonds is 3. The fourth-order valence-corrected chi connectivity index (χ4v) is 3.68. The lowest BCUT2D eigenvalue weighted by atomic mass is 10.1. The fraction of sp³-hybridized carbons (Fsp3) is 0.435. The van der Waals surface area contributed by atoms with Gasteiger partial charge in [0.1, 0.15) is 17.9 Å². The Morgan fingerprint density at radius 3 is 2.10 bits per heavy atom. The number of carbonyl (C=O) groups is 3. The van der Waals surface area contributed by atoms with Gasteiger partial charge >= 0.3 is 24.3 Å². The minimum Gasteiger partial charge on any atom is -0.475 e. The summed E-state index contributed by atoms with van der Waals surface area (Å²) in [6.07, 6.45) is -6.95. The second-order valence-corrected chi connectivity index (χ2v) is 8.07. The Balaban J connectivity index is 0.000000317. The zero-order chi connectivity index (χ0) is 29.4. The molecule has 0 spiro atoms. The van der Waals surface area contributed by atoms with E-state index in [-0.39, 0.29) is 24.2 Å². The van der Waals surface area contributed by atoms with Gasteiger partial charge in [-0.3, -0.25) is 4.79 Å². The van der Waals surface area contributed by atoms with E-state index >= 15 is 0 Å². The number of carboxylic acid groups (broad SMARTS) is 2. The van der Waals surface area contributed by atoms with Crippen molar-refractivity contribution in [3.8, 4) is 5.88 Å². The van der Waals surface area contributed by atoms with Crippen molar-refractivity contribution >= 4 is 17.8 Å². The lowest BCUT2D eigenvalue weighted by Crippen LogP contribution is -2.54. The maximum absolute atomic E-state index is 12.9. The summed E-state index contributed by atoms with van der Waals surface area (Å²) in [5, 5.41) is 14.2. The van der Waals surface area contributed by atoms with Crippen LogP contribution >= 0.6 is 0 Å². The van der Waals surface area contributed by atoms with E-state index in [0.29, 0.717) is 24.7 Å². The summed E-state index contributed by atoms with van der Waals surface area (Å²) in [7, 11) is 0. The molecule has 0 aromatic carbocycles. The van der Waals surface area contributed by atoms with Gasteiger partial charge in [0.25, 0.3) is 5.91 Å². The summed E-state index contributed by atoms with van der Waals surface area (Å²) >= 11 is 0. The third kappa shape index (κ3) is 9.38. The number of pyridine rings is 2. The van der Waals surface area contributed by atoms with E-state index < -0.39 is 24.3 Å². The van der Waals surface area contributed by atoms with E-state index in [4.69, 9.17) is 29.3 Å². The molecule has 0 radical (unpaired) electrons. The first-order chi connectivity index (χ1) is 18.1. The summed E-state index contributed by atoms with van der Waals surface area (Å²) in [4.78, 5) is 41.2. The smallest absolute Gasteiger partial charge is 0.475 e. The van der Waals surface area contributed by atoms with Crippen LogP contribution in [0.4, 0.5) is 26.3 Å². The zero-order valence-electron chi connectivity index (χ0n) is 20.1. The van der Waals surface area contributed by atoms with E-state index in [2.05, 4.69) is 9.97 Å². The van der Waals surface area contributed by atoms with Gasteiger partial charge in [0.2, 0.25) is 5.88 Å². The number of alkyl halides is 6. The molecular weight excluding hydrogens is 544 g/mol. The maximum Gasteiger partial charge on any atom is 0.490 e. The Morgan fingerprint density at radius 1 is 0.974 bits per heavy atom. The monoisotopic (exact) mass is 567 g/mol. The Morgan fingerprint density at radius 2 is 1.59 bits per heavy atom. The van der Waals surface area contributed by atoms with Crippen LogP contribution < -0.4 is 4.74 Å². The summed E-state index contributed by atoms with van der Waals surface area (Å²) in [6.45, 7) is 3.00. The van der Waals surface area contributed by atoms with Crippen molar-refractivity contribution in [1.82, 2.24) is 14.9 Å². The third-order valence-electron chi connectivity index (χ3n) is 5.30. The van der Waals surface area contributed by atoms with Crippen LogP contribution in [0.5, 0.6) is 5.88 Å². The van der Waals surface area contributed by atoms with Crippen molar-refractivity contribution in [3.05, 3.63) is 54.0 Å².